The predicted octanol–water partition coefficient (Wildman–Crippen LogP) is 0.100. The van der Waals surface area contributed by atoms with Gasteiger partial charge in [-0.2, -0.15) is 0 Å². The van der Waals surface area contributed by atoms with E-state index in [1.165, 1.54) is 11.3 Å². The largest absolute Gasteiger partial charge is 0.384 e. The minimum Gasteiger partial charge on any atom is -0.384 e. The lowest BCUT2D eigenvalue weighted by molar-refractivity contribution is -0.122. The summed E-state index contributed by atoms with van der Waals surface area (Å²) < 4.78 is 0. The van der Waals surface area contributed by atoms with Gasteiger partial charge in [-0.25, -0.2) is 0 Å². The van der Waals surface area contributed by atoms with Crippen molar-refractivity contribution in [2.24, 2.45) is 0 Å². The highest BCUT2D eigenvalue weighted by Gasteiger charge is 2.20. The van der Waals surface area contributed by atoms with Crippen LogP contribution in [0.3, 0.4) is 0 Å². The summed E-state index contributed by atoms with van der Waals surface area (Å²) in [6, 6.07) is 1.68. The first kappa shape index (κ1) is 13.6. The molecule has 0 radical (unpaired) electrons. The molecule has 1 unspecified atom stereocenters. The smallest absolute Gasteiger partial charge is 0.252 e. The van der Waals surface area contributed by atoms with Crippen LogP contribution in [-0.2, 0) is 4.79 Å². The number of hydrogen-bond donors (Lipinski definition) is 3. The van der Waals surface area contributed by atoms with Crippen molar-refractivity contribution in [3.05, 3.63) is 21.9 Å². The molecule has 6 heteroatoms. The molecule has 1 saturated heterocycles. The average Bonchev–Trinajstić information content (AvgIpc) is 2.88. The van der Waals surface area contributed by atoms with E-state index in [-0.39, 0.29) is 24.5 Å². The molecule has 0 saturated carbocycles. The summed E-state index contributed by atoms with van der Waals surface area (Å²) >= 11 is 1.36. The maximum atomic E-state index is 12.0. The molecule has 0 bridgehead atoms. The molecule has 1 fully saturated rings. The lowest BCUT2D eigenvalue weighted by Gasteiger charge is -2.23. The molecule has 0 aliphatic carbocycles. The van der Waals surface area contributed by atoms with E-state index in [2.05, 4.69) is 22.5 Å². The molecule has 1 aliphatic rings. The normalized spacial score (nSPS) is 18.2. The molecule has 1 aliphatic heterocycles. The molecule has 1 aromatic heterocycles. The zero-order chi connectivity index (χ0) is 13.7. The molecular formula is C13H14N2O3S. The maximum absolute atomic E-state index is 12.0. The fourth-order valence-electron chi connectivity index (χ4n) is 1.77. The Hall–Kier alpha value is -1.84. The number of carbonyl (C=O) groups excluding carboxylic acids is 2. The van der Waals surface area contributed by atoms with Crippen molar-refractivity contribution in [2.45, 2.75) is 18.9 Å². The minimum absolute atomic E-state index is 0.0166. The molecule has 1 aromatic rings. The van der Waals surface area contributed by atoms with Gasteiger partial charge in [0.15, 0.2) is 0 Å². The Morgan fingerprint density at radius 2 is 2.47 bits per heavy atom. The Bertz CT molecular complexity index is 532. The van der Waals surface area contributed by atoms with Gasteiger partial charge >= 0.3 is 0 Å². The molecule has 3 N–H and O–H groups in total. The second-order valence-corrected chi connectivity index (χ2v) is 5.08. The fourth-order valence-corrected chi connectivity index (χ4v) is 2.53. The van der Waals surface area contributed by atoms with Gasteiger partial charge in [-0.15, -0.1) is 11.3 Å². The summed E-state index contributed by atoms with van der Waals surface area (Å²) in [6.07, 6.45) is 1.11. The number of aliphatic hydroxyl groups is 1. The Balaban J connectivity index is 1.92. The summed E-state index contributed by atoms with van der Waals surface area (Å²) in [6.45, 7) is 0.285. The summed E-state index contributed by atoms with van der Waals surface area (Å²) in [5, 5.41) is 15.9. The average molecular weight is 278 g/mol. The van der Waals surface area contributed by atoms with Crippen molar-refractivity contribution in [1.82, 2.24) is 10.6 Å². The van der Waals surface area contributed by atoms with Crippen molar-refractivity contribution in [3.63, 3.8) is 0 Å². The Kier molecular flexibility index (Phi) is 4.55. The first-order valence-electron chi connectivity index (χ1n) is 5.95. The van der Waals surface area contributed by atoms with Gasteiger partial charge in [0.2, 0.25) is 5.91 Å². The summed E-state index contributed by atoms with van der Waals surface area (Å²) in [5.74, 6) is 5.17. The van der Waals surface area contributed by atoms with Crippen LogP contribution < -0.4 is 10.6 Å². The van der Waals surface area contributed by atoms with E-state index in [1.54, 1.807) is 11.4 Å². The molecule has 2 amide bonds. The number of hydrogen-bond acceptors (Lipinski definition) is 4. The van der Waals surface area contributed by atoms with Crippen LogP contribution in [0.1, 0.15) is 28.1 Å². The minimum atomic E-state index is -0.193. The Morgan fingerprint density at radius 3 is 3.16 bits per heavy atom. The molecule has 0 aromatic carbocycles. The zero-order valence-corrected chi connectivity index (χ0v) is 11.0. The highest BCUT2D eigenvalue weighted by molar-refractivity contribution is 7.10. The fraction of sp³-hybridized carbons (Fsp3) is 0.385. The number of amides is 2. The van der Waals surface area contributed by atoms with E-state index < -0.39 is 0 Å². The molecule has 0 spiro atoms. The van der Waals surface area contributed by atoms with Gasteiger partial charge in [0.05, 0.1) is 10.4 Å². The van der Waals surface area contributed by atoms with Gasteiger partial charge in [0.25, 0.3) is 5.91 Å². The number of nitrogens with one attached hydrogen (secondary N) is 2. The van der Waals surface area contributed by atoms with Gasteiger partial charge in [-0.3, -0.25) is 9.59 Å². The topological polar surface area (TPSA) is 78.4 Å². The second kappa shape index (κ2) is 6.36. The van der Waals surface area contributed by atoms with Crippen LogP contribution in [0.25, 0.3) is 0 Å². The number of piperidine rings is 1. The summed E-state index contributed by atoms with van der Waals surface area (Å²) in [4.78, 5) is 23.7. The molecule has 1 atom stereocenters. The first-order chi connectivity index (χ1) is 9.19. The van der Waals surface area contributed by atoms with Crippen molar-refractivity contribution in [3.8, 4) is 11.8 Å². The van der Waals surface area contributed by atoms with Gasteiger partial charge in [0, 0.05) is 24.4 Å². The van der Waals surface area contributed by atoms with Crippen LogP contribution >= 0.6 is 11.3 Å². The molecule has 2 rings (SSSR count). The van der Waals surface area contributed by atoms with E-state index in [0.717, 1.165) is 4.88 Å². The van der Waals surface area contributed by atoms with Crippen LogP contribution in [0.4, 0.5) is 0 Å². The zero-order valence-electron chi connectivity index (χ0n) is 10.2. The lowest BCUT2D eigenvalue weighted by Crippen LogP contribution is -2.47. The SMILES string of the molecule is O=C1CCC(NC(=O)c2csc(C#CCO)c2)CN1. The molecule has 2 heterocycles. The van der Waals surface area contributed by atoms with Gasteiger partial charge < -0.3 is 15.7 Å². The highest BCUT2D eigenvalue weighted by Crippen LogP contribution is 2.14. The second-order valence-electron chi connectivity index (χ2n) is 4.17. The van der Waals surface area contributed by atoms with E-state index in [9.17, 15) is 9.59 Å². The first-order valence-corrected chi connectivity index (χ1v) is 6.83. The van der Waals surface area contributed by atoms with Crippen LogP contribution in [-0.4, -0.2) is 36.1 Å². The van der Waals surface area contributed by atoms with Crippen LogP contribution in [0.5, 0.6) is 0 Å². The third-order valence-electron chi connectivity index (χ3n) is 2.75. The predicted molar refractivity (Wildman–Crippen MR) is 71.8 cm³/mol. The van der Waals surface area contributed by atoms with Crippen LogP contribution in [0, 0.1) is 11.8 Å². The van der Waals surface area contributed by atoms with E-state index in [0.29, 0.717) is 24.9 Å². The Labute approximate surface area is 115 Å². The van der Waals surface area contributed by atoms with E-state index >= 15 is 0 Å². The quantitative estimate of drug-likeness (QED) is 0.671. The highest BCUT2D eigenvalue weighted by atomic mass is 32.1. The third kappa shape index (κ3) is 3.81. The lowest BCUT2D eigenvalue weighted by atomic mass is 10.1. The third-order valence-corrected chi connectivity index (χ3v) is 3.60. The number of carbonyl (C=O) groups is 2. The van der Waals surface area contributed by atoms with Crippen LogP contribution in [0.15, 0.2) is 11.4 Å². The molecule has 5 nitrogen and oxygen atoms in total. The Morgan fingerprint density at radius 1 is 1.63 bits per heavy atom. The monoisotopic (exact) mass is 278 g/mol. The molecule has 100 valence electrons. The molecular weight excluding hydrogens is 264 g/mol. The van der Waals surface area contributed by atoms with Crippen molar-refractivity contribution in [1.29, 1.82) is 0 Å². The standard InChI is InChI=1S/C13H14N2O3S/c16-5-1-2-11-6-9(8-19-11)13(18)15-10-3-4-12(17)14-7-10/h6,8,10,16H,3-5,7H2,(H,14,17)(H,15,18). The van der Waals surface area contributed by atoms with Crippen LogP contribution in [0.2, 0.25) is 0 Å². The van der Waals surface area contributed by atoms with Gasteiger partial charge in [-0.05, 0) is 12.5 Å². The summed E-state index contributed by atoms with van der Waals surface area (Å²) in [7, 11) is 0. The number of rotatable bonds is 2. The summed E-state index contributed by atoms with van der Waals surface area (Å²) in [5.41, 5.74) is 0.559. The van der Waals surface area contributed by atoms with Crippen molar-refractivity contribution in [2.75, 3.05) is 13.2 Å². The van der Waals surface area contributed by atoms with E-state index in [1.807, 2.05) is 0 Å². The van der Waals surface area contributed by atoms with E-state index in [4.69, 9.17) is 5.11 Å². The maximum Gasteiger partial charge on any atom is 0.252 e. The van der Waals surface area contributed by atoms with Crippen molar-refractivity contribution >= 4 is 23.2 Å². The number of aliphatic hydroxyl groups excluding tert-OH is 1. The number of thiophene rings is 1. The van der Waals surface area contributed by atoms with Crippen molar-refractivity contribution < 1.29 is 14.7 Å². The van der Waals surface area contributed by atoms with Gasteiger partial charge in [-0.1, -0.05) is 11.8 Å². The molecule has 19 heavy (non-hydrogen) atoms. The van der Waals surface area contributed by atoms with Gasteiger partial charge in [0.1, 0.15) is 6.61 Å².